The summed E-state index contributed by atoms with van der Waals surface area (Å²) in [5, 5.41) is 10.6. The molecule has 3 rings (SSSR count). The predicted octanol–water partition coefficient (Wildman–Crippen LogP) is 4.27. The van der Waals surface area contributed by atoms with Crippen molar-refractivity contribution in [2.75, 3.05) is 13.7 Å². The van der Waals surface area contributed by atoms with Gasteiger partial charge in [0.05, 0.1) is 12.8 Å². The molecule has 0 radical (unpaired) electrons. The number of rotatable bonds is 6. The predicted molar refractivity (Wildman–Crippen MR) is 103 cm³/mol. The Morgan fingerprint density at radius 1 is 1.23 bits per heavy atom. The molecule has 2 aromatic carbocycles. The second-order valence-corrected chi connectivity index (χ2v) is 6.50. The molecule has 1 amide bonds. The van der Waals surface area contributed by atoms with E-state index in [9.17, 15) is 4.79 Å². The molecule has 0 aliphatic rings. The molecule has 0 spiro atoms. The third-order valence-corrected chi connectivity index (χ3v) is 4.45. The number of hydrogen-bond acceptors (Lipinski definition) is 3. The molecule has 6 heteroatoms. The highest BCUT2D eigenvalue weighted by atomic mass is 35.5. The van der Waals surface area contributed by atoms with E-state index in [1.807, 2.05) is 48.5 Å². The number of ether oxygens (including phenoxy) is 1. The van der Waals surface area contributed by atoms with Crippen molar-refractivity contribution in [3.8, 4) is 17.0 Å². The highest BCUT2D eigenvalue weighted by Gasteiger charge is 2.13. The van der Waals surface area contributed by atoms with Gasteiger partial charge < -0.3 is 10.1 Å². The van der Waals surface area contributed by atoms with Gasteiger partial charge >= 0.3 is 0 Å². The molecular formula is C20H20ClN3O2. The lowest BCUT2D eigenvalue weighted by Crippen LogP contribution is -2.27. The van der Waals surface area contributed by atoms with E-state index in [2.05, 4.69) is 22.4 Å². The number of hydrogen-bond donors (Lipinski definition) is 2. The van der Waals surface area contributed by atoms with Crippen LogP contribution >= 0.6 is 11.6 Å². The van der Waals surface area contributed by atoms with E-state index in [0.29, 0.717) is 23.0 Å². The van der Waals surface area contributed by atoms with Crippen LogP contribution in [-0.2, 0) is 0 Å². The standard InChI is InChI=1S/C20H20ClN3O2/c1-13(14-6-8-16(21)9-7-14)12-22-20(25)19-11-18(23-24-19)15-4-3-5-17(10-15)26-2/h3-11,13H,12H2,1-2H3,(H,22,25)(H,23,24)/t13-/m1/s1. The number of carbonyl (C=O) groups excluding carboxylic acids is 1. The Balaban J connectivity index is 1.63. The fourth-order valence-corrected chi connectivity index (χ4v) is 2.74. The molecule has 5 nitrogen and oxygen atoms in total. The first-order valence-electron chi connectivity index (χ1n) is 8.30. The largest absolute Gasteiger partial charge is 0.497 e. The molecule has 0 unspecified atom stereocenters. The summed E-state index contributed by atoms with van der Waals surface area (Å²) >= 11 is 5.91. The van der Waals surface area contributed by atoms with Crippen LogP contribution in [0.1, 0.15) is 28.9 Å². The van der Waals surface area contributed by atoms with Crippen LogP contribution in [0.25, 0.3) is 11.3 Å². The highest BCUT2D eigenvalue weighted by molar-refractivity contribution is 6.30. The normalized spacial score (nSPS) is 11.8. The Labute approximate surface area is 157 Å². The number of H-pyrrole nitrogens is 1. The van der Waals surface area contributed by atoms with E-state index >= 15 is 0 Å². The minimum absolute atomic E-state index is 0.178. The van der Waals surface area contributed by atoms with Crippen molar-refractivity contribution in [2.45, 2.75) is 12.8 Å². The average Bonchev–Trinajstić information content (AvgIpc) is 3.17. The Hall–Kier alpha value is -2.79. The molecule has 0 saturated heterocycles. The molecule has 3 aromatic rings. The van der Waals surface area contributed by atoms with Crippen LogP contribution in [0.4, 0.5) is 0 Å². The van der Waals surface area contributed by atoms with Gasteiger partial charge in [-0.1, -0.05) is 42.8 Å². The van der Waals surface area contributed by atoms with Crippen LogP contribution in [0.5, 0.6) is 5.75 Å². The second-order valence-electron chi connectivity index (χ2n) is 6.06. The van der Waals surface area contributed by atoms with Crippen molar-refractivity contribution in [1.29, 1.82) is 0 Å². The number of aromatic nitrogens is 2. The van der Waals surface area contributed by atoms with Gasteiger partial charge in [-0.2, -0.15) is 5.10 Å². The van der Waals surface area contributed by atoms with Crippen LogP contribution in [-0.4, -0.2) is 29.8 Å². The molecule has 0 bridgehead atoms. The summed E-state index contributed by atoms with van der Waals surface area (Å²) in [7, 11) is 1.62. The number of amides is 1. The van der Waals surface area contributed by atoms with Gasteiger partial charge in [-0.05, 0) is 41.8 Å². The van der Waals surface area contributed by atoms with Gasteiger partial charge in [-0.3, -0.25) is 9.89 Å². The summed E-state index contributed by atoms with van der Waals surface area (Å²) < 4.78 is 5.22. The maximum Gasteiger partial charge on any atom is 0.269 e. The monoisotopic (exact) mass is 369 g/mol. The average molecular weight is 370 g/mol. The molecule has 2 N–H and O–H groups in total. The topological polar surface area (TPSA) is 67.0 Å². The SMILES string of the molecule is COc1cccc(-c2cc(C(=O)NC[C@@H](C)c3ccc(Cl)cc3)[nH]n2)c1. The molecule has 1 atom stereocenters. The van der Waals surface area contributed by atoms with Crippen molar-refractivity contribution in [3.05, 3.63) is 70.9 Å². The molecule has 134 valence electrons. The number of carbonyl (C=O) groups is 1. The summed E-state index contributed by atoms with van der Waals surface area (Å²) in [6.07, 6.45) is 0. The fourth-order valence-electron chi connectivity index (χ4n) is 2.62. The quantitative estimate of drug-likeness (QED) is 0.681. The van der Waals surface area contributed by atoms with Crippen LogP contribution < -0.4 is 10.1 Å². The zero-order valence-electron chi connectivity index (χ0n) is 14.6. The smallest absolute Gasteiger partial charge is 0.269 e. The molecule has 26 heavy (non-hydrogen) atoms. The second kappa shape index (κ2) is 8.06. The van der Waals surface area contributed by atoms with Crippen molar-refractivity contribution in [1.82, 2.24) is 15.5 Å². The lowest BCUT2D eigenvalue weighted by Gasteiger charge is -2.12. The Kier molecular flexibility index (Phi) is 5.58. The Morgan fingerprint density at radius 3 is 2.73 bits per heavy atom. The molecule has 0 aliphatic heterocycles. The molecule has 0 aliphatic carbocycles. The van der Waals surface area contributed by atoms with E-state index in [1.54, 1.807) is 13.2 Å². The Bertz CT molecular complexity index is 890. The van der Waals surface area contributed by atoms with Crippen LogP contribution in [0.15, 0.2) is 54.6 Å². The van der Waals surface area contributed by atoms with Gasteiger partial charge in [-0.25, -0.2) is 0 Å². The summed E-state index contributed by atoms with van der Waals surface area (Å²) in [6.45, 7) is 2.58. The van der Waals surface area contributed by atoms with Crippen LogP contribution in [0.3, 0.4) is 0 Å². The van der Waals surface area contributed by atoms with E-state index < -0.39 is 0 Å². The zero-order valence-corrected chi connectivity index (χ0v) is 15.4. The minimum Gasteiger partial charge on any atom is -0.497 e. The van der Waals surface area contributed by atoms with Gasteiger partial charge in [0.25, 0.3) is 5.91 Å². The third kappa shape index (κ3) is 4.24. The highest BCUT2D eigenvalue weighted by Crippen LogP contribution is 2.22. The third-order valence-electron chi connectivity index (χ3n) is 4.20. The first-order valence-corrected chi connectivity index (χ1v) is 8.68. The van der Waals surface area contributed by atoms with Gasteiger partial charge in [0.2, 0.25) is 0 Å². The number of methoxy groups -OCH3 is 1. The molecule has 0 fully saturated rings. The minimum atomic E-state index is -0.188. The van der Waals surface area contributed by atoms with Crippen LogP contribution in [0.2, 0.25) is 5.02 Å². The fraction of sp³-hybridized carbons (Fsp3) is 0.200. The van der Waals surface area contributed by atoms with Crippen molar-refractivity contribution in [3.63, 3.8) is 0 Å². The maximum atomic E-state index is 12.4. The number of nitrogens with one attached hydrogen (secondary N) is 2. The number of aromatic amines is 1. The first kappa shape index (κ1) is 18.0. The summed E-state index contributed by atoms with van der Waals surface area (Å²) in [4.78, 5) is 12.4. The van der Waals surface area contributed by atoms with Gasteiger partial charge in [0.15, 0.2) is 0 Å². The van der Waals surface area contributed by atoms with Gasteiger partial charge in [-0.15, -0.1) is 0 Å². The first-order chi connectivity index (χ1) is 12.6. The number of nitrogens with zero attached hydrogens (tertiary/aromatic N) is 1. The van der Waals surface area contributed by atoms with E-state index in [1.165, 1.54) is 0 Å². The van der Waals surface area contributed by atoms with Crippen LogP contribution in [0, 0.1) is 0 Å². The Morgan fingerprint density at radius 2 is 2.00 bits per heavy atom. The maximum absolute atomic E-state index is 12.4. The van der Waals surface area contributed by atoms with Gasteiger partial charge in [0.1, 0.15) is 11.4 Å². The molecule has 0 saturated carbocycles. The summed E-state index contributed by atoms with van der Waals surface area (Å²) in [6, 6.07) is 16.9. The summed E-state index contributed by atoms with van der Waals surface area (Å²) in [5.41, 5.74) is 3.12. The van der Waals surface area contributed by atoms with Gasteiger partial charge in [0, 0.05) is 17.1 Å². The van der Waals surface area contributed by atoms with E-state index in [4.69, 9.17) is 16.3 Å². The van der Waals surface area contributed by atoms with E-state index in [0.717, 1.165) is 16.9 Å². The number of benzene rings is 2. The zero-order chi connectivity index (χ0) is 18.5. The number of halogens is 1. The lowest BCUT2D eigenvalue weighted by atomic mass is 10.0. The van der Waals surface area contributed by atoms with Crippen molar-refractivity contribution in [2.24, 2.45) is 0 Å². The van der Waals surface area contributed by atoms with Crippen molar-refractivity contribution >= 4 is 17.5 Å². The summed E-state index contributed by atoms with van der Waals surface area (Å²) in [5.74, 6) is 0.734. The van der Waals surface area contributed by atoms with E-state index in [-0.39, 0.29) is 11.8 Å². The molecule has 1 aromatic heterocycles. The lowest BCUT2D eigenvalue weighted by molar-refractivity contribution is 0.0946. The molecule has 1 heterocycles. The van der Waals surface area contributed by atoms with Crippen molar-refractivity contribution < 1.29 is 9.53 Å². The molecular weight excluding hydrogens is 350 g/mol.